The largest absolute Gasteiger partial charge is 0.377 e. The molecule has 0 atom stereocenters. The highest BCUT2D eigenvalue weighted by atomic mass is 16.5. The maximum Gasteiger partial charge on any atom is 0.0802 e. The Labute approximate surface area is 98.0 Å². The summed E-state index contributed by atoms with van der Waals surface area (Å²) in [4.78, 5) is 0. The van der Waals surface area contributed by atoms with Gasteiger partial charge in [0.15, 0.2) is 0 Å². The molecule has 0 aliphatic heterocycles. The van der Waals surface area contributed by atoms with Gasteiger partial charge >= 0.3 is 0 Å². The van der Waals surface area contributed by atoms with Crippen LogP contribution >= 0.6 is 0 Å². The summed E-state index contributed by atoms with van der Waals surface area (Å²) in [6.45, 7) is 4.07. The Balaban J connectivity index is 1.82. The molecule has 0 radical (unpaired) electrons. The minimum atomic E-state index is 0.128. The van der Waals surface area contributed by atoms with E-state index in [4.69, 9.17) is 4.74 Å². The van der Waals surface area contributed by atoms with Gasteiger partial charge in [-0.05, 0) is 37.3 Å². The molecule has 1 saturated carbocycles. The minimum Gasteiger partial charge on any atom is -0.377 e. The van der Waals surface area contributed by atoms with Crippen molar-refractivity contribution < 1.29 is 4.74 Å². The highest BCUT2D eigenvalue weighted by Crippen LogP contribution is 2.34. The first-order valence-electron chi connectivity index (χ1n) is 6.06. The number of hydrogen-bond donors (Lipinski definition) is 1. The summed E-state index contributed by atoms with van der Waals surface area (Å²) >= 11 is 0. The molecular weight excluding hydrogens is 198 g/mol. The standard InChI is InChI=1S/C14H21NO/c1-12-6-3-4-7-13(12)10-15-11-14(16-2)8-5-9-14/h3-4,6-7,15H,5,8-11H2,1-2H3. The lowest BCUT2D eigenvalue weighted by atomic mass is 9.80. The summed E-state index contributed by atoms with van der Waals surface area (Å²) < 4.78 is 5.58. The first-order valence-corrected chi connectivity index (χ1v) is 6.06. The lowest BCUT2D eigenvalue weighted by molar-refractivity contribution is -0.0695. The molecule has 88 valence electrons. The number of aryl methyl sites for hydroxylation is 1. The van der Waals surface area contributed by atoms with Crippen LogP contribution < -0.4 is 5.32 Å². The molecule has 0 amide bonds. The molecule has 0 bridgehead atoms. The van der Waals surface area contributed by atoms with Gasteiger partial charge in [0.25, 0.3) is 0 Å². The first-order chi connectivity index (χ1) is 7.76. The van der Waals surface area contributed by atoms with Crippen molar-refractivity contribution in [1.29, 1.82) is 0 Å². The van der Waals surface area contributed by atoms with Crippen LogP contribution in [0, 0.1) is 6.92 Å². The maximum absolute atomic E-state index is 5.58. The van der Waals surface area contributed by atoms with Crippen LogP contribution in [0.15, 0.2) is 24.3 Å². The van der Waals surface area contributed by atoms with Crippen LogP contribution in [-0.2, 0) is 11.3 Å². The average Bonchev–Trinajstić information content (AvgIpc) is 2.25. The van der Waals surface area contributed by atoms with Crippen LogP contribution in [0.2, 0.25) is 0 Å². The van der Waals surface area contributed by atoms with Gasteiger partial charge in [-0.1, -0.05) is 24.3 Å². The van der Waals surface area contributed by atoms with Crippen LogP contribution in [0.4, 0.5) is 0 Å². The van der Waals surface area contributed by atoms with E-state index in [1.54, 1.807) is 0 Å². The number of ether oxygens (including phenoxy) is 1. The molecule has 2 nitrogen and oxygen atoms in total. The van der Waals surface area contributed by atoms with E-state index >= 15 is 0 Å². The third-order valence-electron chi connectivity index (χ3n) is 3.72. The molecule has 1 aliphatic rings. The van der Waals surface area contributed by atoms with Crippen molar-refractivity contribution in [3.05, 3.63) is 35.4 Å². The Morgan fingerprint density at radius 2 is 2.06 bits per heavy atom. The molecule has 1 N–H and O–H groups in total. The summed E-state index contributed by atoms with van der Waals surface area (Å²) in [7, 11) is 1.83. The van der Waals surface area contributed by atoms with E-state index in [0.717, 1.165) is 13.1 Å². The summed E-state index contributed by atoms with van der Waals surface area (Å²) in [5, 5.41) is 3.51. The Hall–Kier alpha value is -0.860. The number of hydrogen-bond acceptors (Lipinski definition) is 2. The summed E-state index contributed by atoms with van der Waals surface area (Å²) in [6.07, 6.45) is 3.70. The molecule has 2 rings (SSSR count). The van der Waals surface area contributed by atoms with E-state index in [0.29, 0.717) is 0 Å². The van der Waals surface area contributed by atoms with E-state index in [-0.39, 0.29) is 5.60 Å². The van der Waals surface area contributed by atoms with Crippen LogP contribution in [0.3, 0.4) is 0 Å². The second-order valence-corrected chi connectivity index (χ2v) is 4.77. The van der Waals surface area contributed by atoms with Crippen LogP contribution in [-0.4, -0.2) is 19.3 Å². The topological polar surface area (TPSA) is 21.3 Å². The van der Waals surface area contributed by atoms with E-state index in [9.17, 15) is 0 Å². The first kappa shape index (κ1) is 11.6. The van der Waals surface area contributed by atoms with Gasteiger partial charge in [-0.3, -0.25) is 0 Å². The van der Waals surface area contributed by atoms with E-state index in [2.05, 4.69) is 36.5 Å². The van der Waals surface area contributed by atoms with E-state index in [1.165, 1.54) is 30.4 Å². The number of rotatable bonds is 5. The quantitative estimate of drug-likeness (QED) is 0.822. The molecular formula is C14H21NO. The highest BCUT2D eigenvalue weighted by Gasteiger charge is 2.36. The second kappa shape index (κ2) is 4.98. The maximum atomic E-state index is 5.58. The molecule has 0 spiro atoms. The summed E-state index contributed by atoms with van der Waals surface area (Å²) in [6, 6.07) is 8.52. The highest BCUT2D eigenvalue weighted by molar-refractivity contribution is 5.25. The molecule has 0 aromatic heterocycles. The van der Waals surface area contributed by atoms with Gasteiger partial charge in [0.1, 0.15) is 0 Å². The lowest BCUT2D eigenvalue weighted by Gasteiger charge is -2.40. The van der Waals surface area contributed by atoms with Crippen LogP contribution in [0.25, 0.3) is 0 Å². The van der Waals surface area contributed by atoms with Gasteiger partial charge in [0.2, 0.25) is 0 Å². The summed E-state index contributed by atoms with van der Waals surface area (Å²) in [5.41, 5.74) is 2.87. The SMILES string of the molecule is COC1(CNCc2ccccc2C)CCC1. The fourth-order valence-electron chi connectivity index (χ4n) is 2.26. The van der Waals surface area contributed by atoms with Gasteiger partial charge in [0, 0.05) is 20.2 Å². The molecule has 1 fully saturated rings. The molecule has 0 heterocycles. The second-order valence-electron chi connectivity index (χ2n) is 4.77. The smallest absolute Gasteiger partial charge is 0.0802 e. The third-order valence-corrected chi connectivity index (χ3v) is 3.72. The van der Waals surface area contributed by atoms with Crippen molar-refractivity contribution in [2.75, 3.05) is 13.7 Å². The number of nitrogens with one attached hydrogen (secondary N) is 1. The zero-order valence-corrected chi connectivity index (χ0v) is 10.3. The number of benzene rings is 1. The van der Waals surface area contributed by atoms with Crippen LogP contribution in [0.5, 0.6) is 0 Å². The predicted molar refractivity (Wildman–Crippen MR) is 66.5 cm³/mol. The van der Waals surface area contributed by atoms with Gasteiger partial charge < -0.3 is 10.1 Å². The Kier molecular flexibility index (Phi) is 3.62. The minimum absolute atomic E-state index is 0.128. The van der Waals surface area contributed by atoms with Crippen molar-refractivity contribution in [3.63, 3.8) is 0 Å². The van der Waals surface area contributed by atoms with Crippen molar-refractivity contribution in [2.45, 2.75) is 38.3 Å². The molecule has 0 unspecified atom stereocenters. The zero-order chi connectivity index (χ0) is 11.4. The third kappa shape index (κ3) is 2.45. The molecule has 0 saturated heterocycles. The molecule has 1 aromatic rings. The normalized spacial score (nSPS) is 18.1. The van der Waals surface area contributed by atoms with E-state index in [1.807, 2.05) is 7.11 Å². The van der Waals surface area contributed by atoms with E-state index < -0.39 is 0 Å². The monoisotopic (exact) mass is 219 g/mol. The fraction of sp³-hybridized carbons (Fsp3) is 0.571. The average molecular weight is 219 g/mol. The van der Waals surface area contributed by atoms with Crippen LogP contribution in [0.1, 0.15) is 30.4 Å². The zero-order valence-electron chi connectivity index (χ0n) is 10.3. The van der Waals surface area contributed by atoms with Crippen molar-refractivity contribution >= 4 is 0 Å². The Morgan fingerprint density at radius 3 is 2.62 bits per heavy atom. The Morgan fingerprint density at radius 1 is 1.31 bits per heavy atom. The van der Waals surface area contributed by atoms with Crippen molar-refractivity contribution in [1.82, 2.24) is 5.32 Å². The van der Waals surface area contributed by atoms with Gasteiger partial charge in [-0.15, -0.1) is 0 Å². The predicted octanol–water partition coefficient (Wildman–Crippen LogP) is 2.65. The fourth-order valence-corrected chi connectivity index (χ4v) is 2.26. The van der Waals surface area contributed by atoms with Gasteiger partial charge in [-0.2, -0.15) is 0 Å². The Bertz CT molecular complexity index is 339. The number of methoxy groups -OCH3 is 1. The van der Waals surface area contributed by atoms with Crippen molar-refractivity contribution in [3.8, 4) is 0 Å². The van der Waals surface area contributed by atoms with Crippen molar-refractivity contribution in [2.24, 2.45) is 0 Å². The summed E-state index contributed by atoms with van der Waals surface area (Å²) in [5.74, 6) is 0. The molecule has 2 heteroatoms. The van der Waals surface area contributed by atoms with Gasteiger partial charge in [-0.25, -0.2) is 0 Å². The molecule has 16 heavy (non-hydrogen) atoms. The molecule has 1 aliphatic carbocycles. The lowest BCUT2D eigenvalue weighted by Crippen LogP contribution is -2.47. The van der Waals surface area contributed by atoms with Gasteiger partial charge in [0.05, 0.1) is 5.60 Å². The molecule has 1 aromatic carbocycles.